The Balaban J connectivity index is 1.05. The van der Waals surface area contributed by atoms with Gasteiger partial charge in [-0.1, -0.05) is 61.1 Å². The second-order valence-electron chi connectivity index (χ2n) is 21.0. The van der Waals surface area contributed by atoms with Crippen molar-refractivity contribution in [1.82, 2.24) is 25.1 Å². The van der Waals surface area contributed by atoms with Crippen molar-refractivity contribution in [2.45, 2.75) is 178 Å². The lowest BCUT2D eigenvalue weighted by molar-refractivity contribution is 0.129. The van der Waals surface area contributed by atoms with Gasteiger partial charge >= 0.3 is 0 Å². The average molecular weight is 857 g/mol. The SMILES string of the molecule is CC1=CCCc2c3c(n(C4=C(C#N)C=C(C5NC(C6CC=CCC6)NC(C6C=CCC7C8=CCCCC8SC76)N5)C(n5c6c(c7c5C(C)CCC7)CCC=C6C)C4)c21)C(C)=CCC3. The molecule has 0 aromatic carbocycles. The Morgan fingerprint density at radius 1 is 0.698 bits per heavy atom. The highest BCUT2D eigenvalue weighted by atomic mass is 32.2. The Kier molecular flexibility index (Phi) is 10.5. The van der Waals surface area contributed by atoms with Crippen LogP contribution in [0.2, 0.25) is 0 Å². The number of aromatic nitrogens is 2. The van der Waals surface area contributed by atoms with Crippen LogP contribution in [0.4, 0.5) is 0 Å². The zero-order valence-electron chi connectivity index (χ0n) is 38.2. The van der Waals surface area contributed by atoms with Crippen LogP contribution in [0.25, 0.3) is 22.4 Å². The first-order valence-corrected chi connectivity index (χ1v) is 26.2. The van der Waals surface area contributed by atoms with Crippen molar-refractivity contribution >= 4 is 34.2 Å². The minimum atomic E-state index is -0.0834. The van der Waals surface area contributed by atoms with Gasteiger partial charge in [0.1, 0.15) is 6.07 Å². The first-order chi connectivity index (χ1) is 30.9. The van der Waals surface area contributed by atoms with E-state index < -0.39 is 0 Å². The van der Waals surface area contributed by atoms with Gasteiger partial charge in [-0.15, -0.1) is 11.8 Å². The Morgan fingerprint density at radius 2 is 1.43 bits per heavy atom. The van der Waals surface area contributed by atoms with Gasteiger partial charge in [0.05, 0.1) is 41.5 Å². The monoisotopic (exact) mass is 857 g/mol. The zero-order chi connectivity index (χ0) is 42.5. The number of fused-ring (bicyclic) bond motifs is 9. The summed E-state index contributed by atoms with van der Waals surface area (Å²) in [7, 11) is 0. The molecule has 328 valence electrons. The molecule has 12 rings (SSSR count). The lowest BCUT2D eigenvalue weighted by Crippen LogP contribution is -2.72. The normalized spacial score (nSPS) is 34.6. The highest BCUT2D eigenvalue weighted by Gasteiger charge is 2.49. The van der Waals surface area contributed by atoms with Gasteiger partial charge in [0, 0.05) is 39.9 Å². The quantitative estimate of drug-likeness (QED) is 0.261. The van der Waals surface area contributed by atoms with E-state index in [1.807, 2.05) is 0 Å². The molecule has 7 heteroatoms. The van der Waals surface area contributed by atoms with Crippen molar-refractivity contribution in [1.29, 1.82) is 5.26 Å². The topological polar surface area (TPSA) is 69.7 Å². The molecule has 0 bridgehead atoms. The second-order valence-corrected chi connectivity index (χ2v) is 22.3. The summed E-state index contributed by atoms with van der Waals surface area (Å²) in [6.45, 7) is 9.54. The van der Waals surface area contributed by atoms with E-state index in [9.17, 15) is 5.26 Å². The lowest BCUT2D eigenvalue weighted by Gasteiger charge is -2.49. The van der Waals surface area contributed by atoms with E-state index in [1.54, 1.807) is 22.4 Å². The minimum Gasteiger partial charge on any atom is -0.336 e. The van der Waals surface area contributed by atoms with Crippen LogP contribution in [0.3, 0.4) is 0 Å². The van der Waals surface area contributed by atoms with Crippen LogP contribution in [0.1, 0.15) is 168 Å². The van der Waals surface area contributed by atoms with Crippen LogP contribution in [-0.4, -0.2) is 38.1 Å². The molecule has 2 aromatic rings. The number of thioether (sulfide) groups is 1. The molecule has 0 spiro atoms. The first kappa shape index (κ1) is 40.7. The Morgan fingerprint density at radius 3 is 2.16 bits per heavy atom. The van der Waals surface area contributed by atoms with Crippen LogP contribution < -0.4 is 16.0 Å². The Hall–Kier alpha value is -3.80. The van der Waals surface area contributed by atoms with Crippen molar-refractivity contribution < 1.29 is 0 Å². The fourth-order valence-corrected chi connectivity index (χ4v) is 16.5. The van der Waals surface area contributed by atoms with Gasteiger partial charge in [0.2, 0.25) is 0 Å². The fourth-order valence-electron chi connectivity index (χ4n) is 14.5. The van der Waals surface area contributed by atoms with E-state index in [0.29, 0.717) is 34.2 Å². The van der Waals surface area contributed by atoms with E-state index in [0.717, 1.165) is 63.4 Å². The van der Waals surface area contributed by atoms with Crippen LogP contribution in [-0.2, 0) is 25.7 Å². The van der Waals surface area contributed by atoms with Crippen LogP contribution in [0.5, 0.6) is 0 Å². The molecule has 2 fully saturated rings. The molecule has 63 heavy (non-hydrogen) atoms. The summed E-state index contributed by atoms with van der Waals surface area (Å²) in [4.78, 5) is 0. The van der Waals surface area contributed by atoms with Gasteiger partial charge in [-0.2, -0.15) is 5.26 Å². The van der Waals surface area contributed by atoms with E-state index in [-0.39, 0.29) is 24.5 Å². The van der Waals surface area contributed by atoms with Crippen LogP contribution >= 0.6 is 11.8 Å². The zero-order valence-corrected chi connectivity index (χ0v) is 39.1. The largest absolute Gasteiger partial charge is 0.336 e. The Labute approximate surface area is 380 Å². The molecule has 10 atom stereocenters. The molecule has 2 saturated heterocycles. The third-order valence-electron chi connectivity index (χ3n) is 17.4. The number of nitrogens with one attached hydrogen (secondary N) is 3. The maximum atomic E-state index is 11.5. The van der Waals surface area contributed by atoms with Crippen molar-refractivity contribution in [3.05, 3.63) is 116 Å². The van der Waals surface area contributed by atoms with Crippen molar-refractivity contribution in [2.75, 3.05) is 0 Å². The van der Waals surface area contributed by atoms with E-state index in [4.69, 9.17) is 0 Å². The summed E-state index contributed by atoms with van der Waals surface area (Å²) in [6, 6.07) is 2.95. The summed E-state index contributed by atoms with van der Waals surface area (Å²) in [5.74, 6) is 2.03. The molecule has 4 heterocycles. The predicted molar refractivity (Wildman–Crippen MR) is 262 cm³/mol. The molecular formula is C56H68N6S. The lowest BCUT2D eigenvalue weighted by atomic mass is 9.77. The molecule has 10 unspecified atom stereocenters. The number of allylic oxidation sites excluding steroid dienone is 13. The van der Waals surface area contributed by atoms with E-state index >= 15 is 0 Å². The summed E-state index contributed by atoms with van der Waals surface area (Å²) >= 11 is 2.29. The fraction of sp³-hybridized carbons (Fsp3) is 0.554. The smallest absolute Gasteiger partial charge is 0.101 e. The average Bonchev–Trinajstić information content (AvgIpc) is 3.99. The molecule has 3 N–H and O–H groups in total. The van der Waals surface area contributed by atoms with Gasteiger partial charge in [0.15, 0.2) is 0 Å². The summed E-state index contributed by atoms with van der Waals surface area (Å²) in [5, 5.41) is 25.7. The van der Waals surface area contributed by atoms with Crippen molar-refractivity contribution in [3.8, 4) is 6.07 Å². The maximum absolute atomic E-state index is 11.5. The Bertz CT molecular complexity index is 2490. The third kappa shape index (κ3) is 6.58. The molecule has 2 aliphatic heterocycles. The third-order valence-corrected chi connectivity index (χ3v) is 19.2. The van der Waals surface area contributed by atoms with Gasteiger partial charge in [-0.25, -0.2) is 0 Å². The molecule has 0 amide bonds. The van der Waals surface area contributed by atoms with Crippen LogP contribution in [0, 0.1) is 29.1 Å². The first-order valence-electron chi connectivity index (χ1n) is 25.2. The van der Waals surface area contributed by atoms with Crippen molar-refractivity contribution in [2.24, 2.45) is 17.8 Å². The van der Waals surface area contributed by atoms with E-state index in [1.165, 1.54) is 108 Å². The maximum Gasteiger partial charge on any atom is 0.101 e. The van der Waals surface area contributed by atoms with Crippen LogP contribution in [0.15, 0.2) is 71.4 Å². The standard InChI is InChI=1S/C56H68N6S/c1-32-15-10-22-39-40-23-11-16-33(2)50(40)61(49(32)39)46-30-47(62-51-34(3)17-12-24-41(51)42-25-13-18-35(4)52(42)62)45(29-37(46)31-57)56-59-54(36-19-6-5-7-20-36)58-55(60-56)44-27-14-26-43-38-21-8-9-28-48(38)63-53(43)44/h5-6,14-17,21,27,29,35-36,43-44,47-48,53-56,58-60H,7-13,18-20,22-26,28,30H2,1-4H3. The van der Waals surface area contributed by atoms with Gasteiger partial charge < -0.3 is 9.13 Å². The van der Waals surface area contributed by atoms with E-state index in [2.05, 4.69) is 125 Å². The second kappa shape index (κ2) is 16.3. The molecule has 0 radical (unpaired) electrons. The number of nitriles is 1. The number of hydrogen-bond donors (Lipinski definition) is 3. The predicted octanol–water partition coefficient (Wildman–Crippen LogP) is 12.0. The van der Waals surface area contributed by atoms with Gasteiger partial charge in [-0.3, -0.25) is 16.0 Å². The molecule has 2 aromatic heterocycles. The summed E-state index contributed by atoms with van der Waals surface area (Å²) < 4.78 is 5.50. The molecule has 0 saturated carbocycles. The number of rotatable bonds is 5. The van der Waals surface area contributed by atoms with Gasteiger partial charge in [0.25, 0.3) is 0 Å². The number of nitrogens with zero attached hydrogens (tertiary/aromatic N) is 3. The molecular weight excluding hydrogens is 789 g/mol. The van der Waals surface area contributed by atoms with Crippen molar-refractivity contribution in [3.63, 3.8) is 0 Å². The highest BCUT2D eigenvalue weighted by Crippen LogP contribution is 2.55. The number of hydrogen-bond acceptors (Lipinski definition) is 5. The highest BCUT2D eigenvalue weighted by molar-refractivity contribution is 8.01. The summed E-state index contributed by atoms with van der Waals surface area (Å²) in [6.07, 6.45) is 42.2. The summed E-state index contributed by atoms with van der Waals surface area (Å²) in [5.41, 5.74) is 21.4. The molecule has 6 nitrogen and oxygen atoms in total. The van der Waals surface area contributed by atoms with Gasteiger partial charge in [-0.05, 0) is 192 Å². The molecule has 10 aliphatic rings. The molecule has 8 aliphatic carbocycles. The minimum absolute atomic E-state index is 0.0604.